The lowest BCUT2D eigenvalue weighted by molar-refractivity contribution is 0.518. The average molecular weight is 294 g/mol. The first-order valence-corrected chi connectivity index (χ1v) is 7.76. The maximum atomic E-state index is 12.2. The van der Waals surface area contributed by atoms with Crippen LogP contribution in [0, 0.1) is 0 Å². The SMILES string of the molecule is CC(C)(C)S(=O)(=O)c1ccc(NCc2ccco2)cn1. The molecule has 0 aromatic carbocycles. The number of pyridine rings is 1. The third kappa shape index (κ3) is 3.01. The van der Waals surface area contributed by atoms with Crippen molar-refractivity contribution in [3.8, 4) is 0 Å². The summed E-state index contributed by atoms with van der Waals surface area (Å²) in [7, 11) is -3.41. The van der Waals surface area contributed by atoms with Gasteiger partial charge in [0.1, 0.15) is 5.76 Å². The monoisotopic (exact) mass is 294 g/mol. The van der Waals surface area contributed by atoms with Crippen LogP contribution in [-0.4, -0.2) is 18.1 Å². The minimum Gasteiger partial charge on any atom is -0.467 e. The highest BCUT2D eigenvalue weighted by Crippen LogP contribution is 2.23. The first-order chi connectivity index (χ1) is 9.30. The second-order valence-electron chi connectivity index (χ2n) is 5.43. The van der Waals surface area contributed by atoms with E-state index in [1.54, 1.807) is 33.1 Å². The van der Waals surface area contributed by atoms with E-state index >= 15 is 0 Å². The highest BCUT2D eigenvalue weighted by molar-refractivity contribution is 7.92. The van der Waals surface area contributed by atoms with Crippen molar-refractivity contribution in [2.24, 2.45) is 0 Å². The van der Waals surface area contributed by atoms with E-state index in [-0.39, 0.29) is 5.03 Å². The van der Waals surface area contributed by atoms with E-state index in [1.807, 2.05) is 12.1 Å². The Kier molecular flexibility index (Phi) is 3.85. The Morgan fingerprint density at radius 2 is 2.00 bits per heavy atom. The molecule has 0 aliphatic heterocycles. The van der Waals surface area contributed by atoms with Crippen LogP contribution in [0.25, 0.3) is 0 Å². The lowest BCUT2D eigenvalue weighted by Crippen LogP contribution is -2.28. The zero-order chi connectivity index (χ0) is 14.8. The lowest BCUT2D eigenvalue weighted by Gasteiger charge is -2.18. The van der Waals surface area contributed by atoms with Gasteiger partial charge in [0.15, 0.2) is 14.9 Å². The first-order valence-electron chi connectivity index (χ1n) is 6.28. The number of furan rings is 1. The average Bonchev–Trinajstić information content (AvgIpc) is 2.88. The molecule has 0 spiro atoms. The molecule has 0 aliphatic carbocycles. The molecule has 5 nitrogen and oxygen atoms in total. The summed E-state index contributed by atoms with van der Waals surface area (Å²) in [6, 6.07) is 6.90. The molecule has 2 rings (SSSR count). The van der Waals surface area contributed by atoms with Crippen molar-refractivity contribution in [1.82, 2.24) is 4.98 Å². The molecule has 2 heterocycles. The molecule has 0 atom stereocenters. The Balaban J connectivity index is 2.11. The molecule has 0 saturated heterocycles. The Bertz CT molecular complexity index is 653. The van der Waals surface area contributed by atoms with Crippen LogP contribution in [0.5, 0.6) is 0 Å². The van der Waals surface area contributed by atoms with Gasteiger partial charge >= 0.3 is 0 Å². The second kappa shape index (κ2) is 5.28. The quantitative estimate of drug-likeness (QED) is 0.938. The first kappa shape index (κ1) is 14.6. The Hall–Kier alpha value is -1.82. The third-order valence-corrected chi connectivity index (χ3v) is 5.27. The van der Waals surface area contributed by atoms with E-state index in [9.17, 15) is 8.42 Å². The van der Waals surface area contributed by atoms with Gasteiger partial charge < -0.3 is 9.73 Å². The minimum atomic E-state index is -3.41. The van der Waals surface area contributed by atoms with Gasteiger partial charge in [-0.15, -0.1) is 0 Å². The molecular weight excluding hydrogens is 276 g/mol. The highest BCUT2D eigenvalue weighted by Gasteiger charge is 2.31. The van der Waals surface area contributed by atoms with Crippen LogP contribution in [0.4, 0.5) is 5.69 Å². The summed E-state index contributed by atoms with van der Waals surface area (Å²) in [6.07, 6.45) is 3.12. The Morgan fingerprint density at radius 3 is 2.50 bits per heavy atom. The summed E-state index contributed by atoms with van der Waals surface area (Å²) >= 11 is 0. The van der Waals surface area contributed by atoms with Gasteiger partial charge in [0.2, 0.25) is 0 Å². The second-order valence-corrected chi connectivity index (χ2v) is 8.08. The zero-order valence-electron chi connectivity index (χ0n) is 11.8. The van der Waals surface area contributed by atoms with E-state index in [4.69, 9.17) is 4.42 Å². The summed E-state index contributed by atoms with van der Waals surface area (Å²) in [5.74, 6) is 0.802. The van der Waals surface area contributed by atoms with E-state index in [1.165, 1.54) is 12.3 Å². The number of hydrogen-bond acceptors (Lipinski definition) is 5. The Morgan fingerprint density at radius 1 is 1.25 bits per heavy atom. The predicted octanol–water partition coefficient (Wildman–Crippen LogP) is 2.86. The van der Waals surface area contributed by atoms with Crippen molar-refractivity contribution in [3.63, 3.8) is 0 Å². The molecule has 2 aromatic rings. The molecule has 108 valence electrons. The molecule has 0 saturated carbocycles. The fraction of sp³-hybridized carbons (Fsp3) is 0.357. The lowest BCUT2D eigenvalue weighted by atomic mass is 10.3. The fourth-order valence-corrected chi connectivity index (χ4v) is 2.63. The van der Waals surface area contributed by atoms with Crippen molar-refractivity contribution >= 4 is 15.5 Å². The van der Waals surface area contributed by atoms with Gasteiger partial charge in [0.05, 0.1) is 29.4 Å². The standard InChI is InChI=1S/C14H18N2O3S/c1-14(2,3)20(17,18)13-7-6-11(9-16-13)15-10-12-5-4-8-19-12/h4-9,15H,10H2,1-3H3. The largest absolute Gasteiger partial charge is 0.467 e. The molecule has 0 amide bonds. The van der Waals surface area contributed by atoms with Gasteiger partial charge in [-0.05, 0) is 45.0 Å². The number of sulfone groups is 1. The zero-order valence-corrected chi connectivity index (χ0v) is 12.6. The summed E-state index contributed by atoms with van der Waals surface area (Å²) < 4.78 is 28.8. The molecule has 6 heteroatoms. The van der Waals surface area contributed by atoms with Crippen molar-refractivity contribution in [1.29, 1.82) is 0 Å². The summed E-state index contributed by atoms with van der Waals surface area (Å²) in [4.78, 5) is 4.04. The molecule has 0 aliphatic rings. The van der Waals surface area contributed by atoms with E-state index in [0.29, 0.717) is 6.54 Å². The predicted molar refractivity (Wildman–Crippen MR) is 77.2 cm³/mol. The fourth-order valence-electron chi connectivity index (χ4n) is 1.56. The molecule has 0 fully saturated rings. The van der Waals surface area contributed by atoms with Crippen LogP contribution in [-0.2, 0) is 16.4 Å². The van der Waals surface area contributed by atoms with Crippen LogP contribution in [0.1, 0.15) is 26.5 Å². The van der Waals surface area contributed by atoms with E-state index < -0.39 is 14.6 Å². The van der Waals surface area contributed by atoms with Gasteiger partial charge in [-0.3, -0.25) is 0 Å². The van der Waals surface area contributed by atoms with E-state index in [2.05, 4.69) is 10.3 Å². The maximum absolute atomic E-state index is 12.2. The summed E-state index contributed by atoms with van der Waals surface area (Å²) in [6.45, 7) is 5.51. The molecular formula is C14H18N2O3S. The van der Waals surface area contributed by atoms with Gasteiger partial charge in [0.25, 0.3) is 0 Å². The normalized spacial score (nSPS) is 12.3. The van der Waals surface area contributed by atoms with Gasteiger partial charge in [0, 0.05) is 0 Å². The van der Waals surface area contributed by atoms with Crippen molar-refractivity contribution < 1.29 is 12.8 Å². The van der Waals surface area contributed by atoms with Crippen molar-refractivity contribution in [2.45, 2.75) is 37.1 Å². The number of aromatic nitrogens is 1. The van der Waals surface area contributed by atoms with E-state index in [0.717, 1.165) is 11.4 Å². The summed E-state index contributed by atoms with van der Waals surface area (Å²) in [5, 5.41) is 3.20. The number of nitrogens with one attached hydrogen (secondary N) is 1. The smallest absolute Gasteiger partial charge is 0.200 e. The maximum Gasteiger partial charge on any atom is 0.200 e. The van der Waals surface area contributed by atoms with Crippen LogP contribution in [0.3, 0.4) is 0 Å². The van der Waals surface area contributed by atoms with Crippen LogP contribution < -0.4 is 5.32 Å². The molecule has 20 heavy (non-hydrogen) atoms. The number of rotatable bonds is 4. The molecule has 0 radical (unpaired) electrons. The van der Waals surface area contributed by atoms with Gasteiger partial charge in [-0.1, -0.05) is 0 Å². The summed E-state index contributed by atoms with van der Waals surface area (Å²) in [5.41, 5.74) is 0.745. The Labute approximate surface area is 119 Å². The van der Waals surface area contributed by atoms with Gasteiger partial charge in [-0.25, -0.2) is 13.4 Å². The number of nitrogens with zero attached hydrogens (tertiary/aromatic N) is 1. The molecule has 1 N–H and O–H groups in total. The third-order valence-electron chi connectivity index (χ3n) is 2.86. The molecule has 0 unspecified atom stereocenters. The highest BCUT2D eigenvalue weighted by atomic mass is 32.2. The minimum absolute atomic E-state index is 0.0912. The molecule has 0 bridgehead atoms. The topological polar surface area (TPSA) is 72.2 Å². The van der Waals surface area contributed by atoms with Crippen LogP contribution >= 0.6 is 0 Å². The van der Waals surface area contributed by atoms with Gasteiger partial charge in [-0.2, -0.15) is 0 Å². The molecule has 2 aromatic heterocycles. The van der Waals surface area contributed by atoms with Crippen molar-refractivity contribution in [2.75, 3.05) is 5.32 Å². The number of hydrogen-bond donors (Lipinski definition) is 1. The van der Waals surface area contributed by atoms with Crippen LogP contribution in [0.2, 0.25) is 0 Å². The van der Waals surface area contributed by atoms with Crippen LogP contribution in [0.15, 0.2) is 46.2 Å². The number of anilines is 1. The van der Waals surface area contributed by atoms with Crippen molar-refractivity contribution in [3.05, 3.63) is 42.5 Å².